The zero-order valence-corrected chi connectivity index (χ0v) is 14.1. The van der Waals surface area contributed by atoms with Crippen molar-refractivity contribution in [1.29, 1.82) is 0 Å². The molecular weight excluding hydrogens is 288 g/mol. The van der Waals surface area contributed by atoms with Crippen molar-refractivity contribution in [2.24, 2.45) is 28.6 Å². The minimum atomic E-state index is -0.0998. The quantitative estimate of drug-likeness (QED) is 0.794. The molecule has 0 heterocycles. The summed E-state index contributed by atoms with van der Waals surface area (Å²) in [7, 11) is 0. The van der Waals surface area contributed by atoms with Gasteiger partial charge in [-0.1, -0.05) is 18.6 Å². The van der Waals surface area contributed by atoms with Gasteiger partial charge in [0.1, 0.15) is 11.6 Å². The molecule has 0 aromatic heterocycles. The van der Waals surface area contributed by atoms with E-state index in [9.17, 15) is 14.7 Å². The van der Waals surface area contributed by atoms with Gasteiger partial charge in [-0.2, -0.15) is 0 Å². The molecule has 0 spiro atoms. The van der Waals surface area contributed by atoms with E-state index in [0.29, 0.717) is 42.2 Å². The van der Waals surface area contributed by atoms with Gasteiger partial charge in [0.2, 0.25) is 0 Å². The number of hydrogen-bond donors (Lipinski definition) is 1. The van der Waals surface area contributed by atoms with E-state index in [1.807, 2.05) is 0 Å². The molecule has 0 aromatic rings. The molecular formula is C20H28O3. The van der Waals surface area contributed by atoms with Gasteiger partial charge in [-0.15, -0.1) is 0 Å². The monoisotopic (exact) mass is 316 g/mol. The highest BCUT2D eigenvalue weighted by Crippen LogP contribution is 2.64. The van der Waals surface area contributed by atoms with Crippen LogP contribution >= 0.6 is 0 Å². The number of allylic oxidation sites excluding steroid dienone is 2. The molecule has 0 saturated heterocycles. The van der Waals surface area contributed by atoms with Crippen LogP contribution in [0.2, 0.25) is 0 Å². The Morgan fingerprint density at radius 3 is 2.78 bits per heavy atom. The summed E-state index contributed by atoms with van der Waals surface area (Å²) < 4.78 is 0. The molecule has 0 aliphatic heterocycles. The van der Waals surface area contributed by atoms with Gasteiger partial charge in [-0.05, 0) is 61.7 Å². The first kappa shape index (κ1) is 15.6. The normalized spacial score (nSPS) is 46.0. The summed E-state index contributed by atoms with van der Waals surface area (Å²) >= 11 is 0. The molecule has 0 radical (unpaired) electrons. The summed E-state index contributed by atoms with van der Waals surface area (Å²) in [5, 5.41) is 9.72. The van der Waals surface area contributed by atoms with E-state index < -0.39 is 0 Å². The van der Waals surface area contributed by atoms with Gasteiger partial charge in [0.05, 0.1) is 0 Å². The number of rotatable bonds is 2. The van der Waals surface area contributed by atoms with Crippen molar-refractivity contribution >= 4 is 11.6 Å². The highest BCUT2D eigenvalue weighted by Gasteiger charge is 2.59. The third kappa shape index (κ3) is 2.05. The van der Waals surface area contributed by atoms with Crippen LogP contribution in [0.15, 0.2) is 11.6 Å². The SMILES string of the molecule is C[C@]12CC[C@H]3[C@@H](CC=C4CC(=O)CCC43CCO)[C@@H]1CCC2=O. The maximum absolute atomic E-state index is 12.4. The smallest absolute Gasteiger partial charge is 0.139 e. The Labute approximate surface area is 138 Å². The largest absolute Gasteiger partial charge is 0.396 e. The first-order valence-electron chi connectivity index (χ1n) is 9.37. The molecule has 4 aliphatic carbocycles. The predicted octanol–water partition coefficient (Wildman–Crippen LogP) is 3.45. The Morgan fingerprint density at radius 2 is 2.00 bits per heavy atom. The molecule has 4 rings (SSSR count). The number of hydrogen-bond acceptors (Lipinski definition) is 3. The lowest BCUT2D eigenvalue weighted by atomic mass is 9.47. The van der Waals surface area contributed by atoms with Crippen molar-refractivity contribution in [2.45, 2.75) is 64.7 Å². The van der Waals surface area contributed by atoms with Gasteiger partial charge in [0.15, 0.2) is 0 Å². The Bertz CT molecular complexity index is 577. The van der Waals surface area contributed by atoms with E-state index in [4.69, 9.17) is 0 Å². The molecule has 1 N–H and O–H groups in total. The molecule has 0 bridgehead atoms. The molecule has 5 atom stereocenters. The average Bonchev–Trinajstić information content (AvgIpc) is 2.84. The van der Waals surface area contributed by atoms with Gasteiger partial charge in [0.25, 0.3) is 0 Å². The second-order valence-electron chi connectivity index (χ2n) is 8.61. The van der Waals surface area contributed by atoms with Crippen molar-refractivity contribution < 1.29 is 14.7 Å². The number of fused-ring (bicyclic) bond motifs is 5. The van der Waals surface area contributed by atoms with Crippen molar-refractivity contribution in [3.05, 3.63) is 11.6 Å². The van der Waals surface area contributed by atoms with E-state index in [0.717, 1.165) is 44.9 Å². The van der Waals surface area contributed by atoms with E-state index in [2.05, 4.69) is 13.0 Å². The second-order valence-corrected chi connectivity index (χ2v) is 8.61. The van der Waals surface area contributed by atoms with Crippen LogP contribution in [-0.4, -0.2) is 23.3 Å². The van der Waals surface area contributed by atoms with Crippen molar-refractivity contribution in [3.63, 3.8) is 0 Å². The Hall–Kier alpha value is -0.960. The third-order valence-corrected chi connectivity index (χ3v) is 7.93. The topological polar surface area (TPSA) is 54.4 Å². The summed E-state index contributed by atoms with van der Waals surface area (Å²) in [4.78, 5) is 24.4. The summed E-state index contributed by atoms with van der Waals surface area (Å²) in [6, 6.07) is 0. The number of aliphatic hydroxyl groups is 1. The number of aliphatic hydroxyl groups excluding tert-OH is 1. The lowest BCUT2D eigenvalue weighted by Crippen LogP contribution is -2.51. The maximum Gasteiger partial charge on any atom is 0.139 e. The summed E-state index contributed by atoms with van der Waals surface area (Å²) in [5.41, 5.74) is 1.26. The molecule has 3 heteroatoms. The summed E-state index contributed by atoms with van der Waals surface area (Å²) in [6.07, 6.45) is 10.2. The fourth-order valence-corrected chi connectivity index (χ4v) is 6.72. The minimum absolute atomic E-state index is 0.0402. The number of carbonyl (C=O) groups excluding carboxylic acids is 2. The molecule has 3 saturated carbocycles. The van der Waals surface area contributed by atoms with Crippen LogP contribution in [-0.2, 0) is 9.59 Å². The molecule has 0 amide bonds. The zero-order chi connectivity index (χ0) is 16.2. The highest BCUT2D eigenvalue weighted by atomic mass is 16.3. The number of carbonyl (C=O) groups is 2. The first-order chi connectivity index (χ1) is 11.0. The third-order valence-electron chi connectivity index (χ3n) is 7.93. The van der Waals surface area contributed by atoms with Gasteiger partial charge < -0.3 is 5.11 Å². The molecule has 3 fully saturated rings. The van der Waals surface area contributed by atoms with Crippen molar-refractivity contribution in [2.75, 3.05) is 6.61 Å². The Morgan fingerprint density at radius 1 is 1.17 bits per heavy atom. The Balaban J connectivity index is 1.73. The second kappa shape index (κ2) is 5.27. The van der Waals surface area contributed by atoms with Crippen LogP contribution < -0.4 is 0 Å². The van der Waals surface area contributed by atoms with Gasteiger partial charge in [0, 0.05) is 31.3 Å². The molecule has 126 valence electrons. The van der Waals surface area contributed by atoms with Crippen LogP contribution in [0, 0.1) is 28.6 Å². The van der Waals surface area contributed by atoms with Crippen LogP contribution in [0.3, 0.4) is 0 Å². The van der Waals surface area contributed by atoms with Gasteiger partial charge in [-0.3, -0.25) is 9.59 Å². The van der Waals surface area contributed by atoms with E-state index in [1.54, 1.807) is 0 Å². The minimum Gasteiger partial charge on any atom is -0.396 e. The van der Waals surface area contributed by atoms with Crippen molar-refractivity contribution in [1.82, 2.24) is 0 Å². The van der Waals surface area contributed by atoms with E-state index in [-0.39, 0.29) is 17.4 Å². The van der Waals surface area contributed by atoms with E-state index in [1.165, 1.54) is 5.57 Å². The number of Topliss-reactive ketones (excluding diaryl/α,β-unsaturated/α-hetero) is 2. The fraction of sp³-hybridized carbons (Fsp3) is 0.800. The van der Waals surface area contributed by atoms with Crippen LogP contribution in [0.1, 0.15) is 64.7 Å². The van der Waals surface area contributed by atoms with E-state index >= 15 is 0 Å². The Kier molecular flexibility index (Phi) is 3.57. The lowest BCUT2D eigenvalue weighted by molar-refractivity contribution is -0.133. The van der Waals surface area contributed by atoms with Crippen LogP contribution in [0.5, 0.6) is 0 Å². The highest BCUT2D eigenvalue weighted by molar-refractivity contribution is 5.87. The standard InChI is InChI=1S/C20H28O3/c1-19-8-7-17-15(16(19)4-5-18(19)23)3-2-13-12-14(22)6-9-20(13,17)10-11-21/h2,15-17,21H,3-12H2,1H3/t15-,16-,17-,19-,20?/m0/s1. The first-order valence-corrected chi connectivity index (χ1v) is 9.37. The van der Waals surface area contributed by atoms with Crippen LogP contribution in [0.25, 0.3) is 0 Å². The molecule has 0 aromatic carbocycles. The average molecular weight is 316 g/mol. The molecule has 3 nitrogen and oxygen atoms in total. The van der Waals surface area contributed by atoms with Crippen molar-refractivity contribution in [3.8, 4) is 0 Å². The molecule has 23 heavy (non-hydrogen) atoms. The van der Waals surface area contributed by atoms with Crippen LogP contribution in [0.4, 0.5) is 0 Å². The van der Waals surface area contributed by atoms with Gasteiger partial charge in [-0.25, -0.2) is 0 Å². The molecule has 4 aliphatic rings. The zero-order valence-electron chi connectivity index (χ0n) is 14.1. The van der Waals surface area contributed by atoms with Gasteiger partial charge >= 0.3 is 0 Å². The summed E-state index contributed by atoms with van der Waals surface area (Å²) in [5.74, 6) is 2.49. The number of ketones is 2. The maximum atomic E-state index is 12.4. The fourth-order valence-electron chi connectivity index (χ4n) is 6.72. The predicted molar refractivity (Wildman–Crippen MR) is 87.7 cm³/mol. The molecule has 1 unspecified atom stereocenters. The summed E-state index contributed by atoms with van der Waals surface area (Å²) in [6.45, 7) is 2.40. The lowest BCUT2D eigenvalue weighted by Gasteiger charge is -2.57.